The van der Waals surface area contributed by atoms with Gasteiger partial charge in [-0.05, 0) is 74.4 Å². The lowest BCUT2D eigenvalue weighted by molar-refractivity contribution is -0.116. The van der Waals surface area contributed by atoms with Crippen LogP contribution in [0.15, 0.2) is 81.1 Å². The van der Waals surface area contributed by atoms with Crippen LogP contribution in [0.3, 0.4) is 0 Å². The van der Waals surface area contributed by atoms with Crippen molar-refractivity contribution in [3.8, 4) is 0 Å². The molecule has 1 aromatic heterocycles. The van der Waals surface area contributed by atoms with Crippen LogP contribution in [0.4, 0.5) is 5.69 Å². The number of hydrogen-bond acceptors (Lipinski definition) is 5. The third kappa shape index (κ3) is 6.27. The molecular formula is C27H32N2O2S2. The molecule has 0 radical (unpaired) electrons. The van der Waals surface area contributed by atoms with Crippen LogP contribution in [0, 0.1) is 0 Å². The smallest absolute Gasteiger partial charge is 0.223 e. The van der Waals surface area contributed by atoms with Crippen molar-refractivity contribution in [2.45, 2.75) is 45.4 Å². The van der Waals surface area contributed by atoms with Crippen molar-refractivity contribution in [3.63, 3.8) is 0 Å². The summed E-state index contributed by atoms with van der Waals surface area (Å²) in [6.45, 7) is 10.4. The van der Waals surface area contributed by atoms with E-state index in [-0.39, 0.29) is 11.7 Å². The Bertz CT molecular complexity index is 1060. The van der Waals surface area contributed by atoms with Crippen molar-refractivity contribution in [1.29, 1.82) is 0 Å². The number of para-hydroxylation sites is 1. The van der Waals surface area contributed by atoms with Crippen molar-refractivity contribution in [2.75, 3.05) is 24.5 Å². The van der Waals surface area contributed by atoms with Gasteiger partial charge in [-0.15, -0.1) is 11.3 Å². The highest BCUT2D eigenvalue weighted by atomic mass is 32.2. The summed E-state index contributed by atoms with van der Waals surface area (Å²) < 4.78 is 0. The van der Waals surface area contributed by atoms with E-state index in [0.29, 0.717) is 6.54 Å². The molecule has 1 heterocycles. The van der Waals surface area contributed by atoms with Gasteiger partial charge in [0.25, 0.3) is 0 Å². The fraction of sp³-hybridized carbons (Fsp3) is 0.333. The second-order valence-corrected chi connectivity index (χ2v) is 9.74. The zero-order chi connectivity index (χ0) is 23.8. The number of anilines is 1. The van der Waals surface area contributed by atoms with Gasteiger partial charge in [-0.25, -0.2) is 0 Å². The molecule has 0 unspecified atom stereocenters. The minimum Gasteiger partial charge on any atom is -0.378 e. The lowest BCUT2D eigenvalue weighted by Gasteiger charge is -2.23. The molecule has 1 aliphatic rings. The third-order valence-corrected chi connectivity index (χ3v) is 7.84. The van der Waals surface area contributed by atoms with Crippen molar-refractivity contribution in [2.24, 2.45) is 0 Å². The molecule has 0 aliphatic heterocycles. The van der Waals surface area contributed by atoms with E-state index in [0.717, 1.165) is 41.4 Å². The lowest BCUT2D eigenvalue weighted by Crippen LogP contribution is -2.28. The summed E-state index contributed by atoms with van der Waals surface area (Å²) in [4.78, 5) is 31.9. The number of hydrogen-bond donors (Lipinski definition) is 0. The van der Waals surface area contributed by atoms with Gasteiger partial charge in [0.05, 0.1) is 10.6 Å². The monoisotopic (exact) mass is 480 g/mol. The van der Waals surface area contributed by atoms with Gasteiger partial charge in [-0.3, -0.25) is 9.59 Å². The van der Waals surface area contributed by atoms with Crippen molar-refractivity contribution in [1.82, 2.24) is 4.90 Å². The highest BCUT2D eigenvalue weighted by molar-refractivity contribution is 8.03. The summed E-state index contributed by atoms with van der Waals surface area (Å²) in [5.41, 5.74) is 3.38. The van der Waals surface area contributed by atoms with Gasteiger partial charge in [-0.1, -0.05) is 36.0 Å². The first-order chi connectivity index (χ1) is 16.0. The number of carbonyl (C=O) groups excluding carboxylic acids is 2. The SMILES string of the molecule is CCN(/C=C1\CCC(/C=C/C(=O)c2cccs2)=C1Sc1ccccc1N(CC)C(C)=O)CC. The van der Waals surface area contributed by atoms with Crippen LogP contribution in [0.2, 0.25) is 0 Å². The van der Waals surface area contributed by atoms with Gasteiger partial charge < -0.3 is 9.80 Å². The minimum absolute atomic E-state index is 0.0338. The minimum atomic E-state index is 0.0338. The van der Waals surface area contributed by atoms with Crippen LogP contribution in [0.1, 0.15) is 50.2 Å². The van der Waals surface area contributed by atoms with E-state index >= 15 is 0 Å². The van der Waals surface area contributed by atoms with E-state index in [9.17, 15) is 9.59 Å². The van der Waals surface area contributed by atoms with Crippen molar-refractivity contribution < 1.29 is 9.59 Å². The normalized spacial score (nSPS) is 15.0. The molecule has 1 aromatic carbocycles. The fourth-order valence-corrected chi connectivity index (χ4v) is 5.74. The van der Waals surface area contributed by atoms with Gasteiger partial charge in [0.1, 0.15) is 0 Å². The van der Waals surface area contributed by atoms with Gasteiger partial charge in [-0.2, -0.15) is 0 Å². The predicted molar refractivity (Wildman–Crippen MR) is 141 cm³/mol. The van der Waals surface area contributed by atoms with Crippen LogP contribution in [0.5, 0.6) is 0 Å². The fourth-order valence-electron chi connectivity index (χ4n) is 3.86. The molecule has 0 N–H and O–H groups in total. The molecule has 33 heavy (non-hydrogen) atoms. The van der Waals surface area contributed by atoms with E-state index in [1.165, 1.54) is 27.4 Å². The number of benzene rings is 1. The summed E-state index contributed by atoms with van der Waals surface area (Å²) in [6, 6.07) is 11.8. The van der Waals surface area contributed by atoms with Crippen LogP contribution >= 0.6 is 23.1 Å². The summed E-state index contributed by atoms with van der Waals surface area (Å²) in [5, 5.41) is 1.92. The Morgan fingerprint density at radius 1 is 1.03 bits per heavy atom. The first-order valence-electron chi connectivity index (χ1n) is 11.5. The third-order valence-electron chi connectivity index (χ3n) is 5.66. The van der Waals surface area contributed by atoms with Gasteiger partial charge >= 0.3 is 0 Å². The number of amides is 1. The van der Waals surface area contributed by atoms with E-state index in [1.54, 1.807) is 29.7 Å². The Labute approximate surface area is 205 Å². The maximum Gasteiger partial charge on any atom is 0.223 e. The number of thiophene rings is 1. The number of carbonyl (C=O) groups is 2. The molecule has 0 bridgehead atoms. The first kappa shape index (κ1) is 25.1. The van der Waals surface area contributed by atoms with Gasteiger partial charge in [0, 0.05) is 42.6 Å². The highest BCUT2D eigenvalue weighted by Crippen LogP contribution is 2.45. The molecule has 0 fully saturated rings. The molecule has 3 rings (SSSR count). The molecule has 0 saturated heterocycles. The maximum atomic E-state index is 12.6. The average Bonchev–Trinajstić information content (AvgIpc) is 3.48. The van der Waals surface area contributed by atoms with Crippen LogP contribution < -0.4 is 4.90 Å². The Morgan fingerprint density at radius 3 is 2.42 bits per heavy atom. The van der Waals surface area contributed by atoms with E-state index in [4.69, 9.17) is 0 Å². The average molecular weight is 481 g/mol. The summed E-state index contributed by atoms with van der Waals surface area (Å²) in [6.07, 6.45) is 7.78. The quantitative estimate of drug-likeness (QED) is 0.273. The number of thioether (sulfide) groups is 1. The van der Waals surface area contributed by atoms with Crippen LogP contribution in [-0.4, -0.2) is 36.2 Å². The summed E-state index contributed by atoms with van der Waals surface area (Å²) >= 11 is 3.16. The first-order valence-corrected chi connectivity index (χ1v) is 13.2. The molecule has 0 atom stereocenters. The van der Waals surface area contributed by atoms with E-state index < -0.39 is 0 Å². The zero-order valence-corrected chi connectivity index (χ0v) is 21.5. The number of allylic oxidation sites excluding steroid dienone is 4. The number of rotatable bonds is 10. The second-order valence-electron chi connectivity index (χ2n) is 7.74. The Kier molecular flexibility index (Phi) is 9.15. The largest absolute Gasteiger partial charge is 0.378 e. The van der Waals surface area contributed by atoms with E-state index in [2.05, 4.69) is 31.0 Å². The second kappa shape index (κ2) is 12.1. The topological polar surface area (TPSA) is 40.6 Å². The highest BCUT2D eigenvalue weighted by Gasteiger charge is 2.23. The molecule has 174 valence electrons. The van der Waals surface area contributed by atoms with Gasteiger partial charge in [0.2, 0.25) is 5.91 Å². The number of ketones is 1. The van der Waals surface area contributed by atoms with Crippen molar-refractivity contribution in [3.05, 3.63) is 81.1 Å². The lowest BCUT2D eigenvalue weighted by atomic mass is 10.2. The standard InChI is InChI=1S/C27H32N2O2S2/c1-5-28(6-2)19-22-15-14-21(16-17-24(31)26-13-10-18-32-26)27(22)33-25-12-9-8-11-23(25)29(7-3)20(4)30/h8-13,16-19H,5-7,14-15H2,1-4H3/b17-16+,22-19+. The molecule has 0 saturated carbocycles. The molecule has 4 nitrogen and oxygen atoms in total. The molecule has 1 amide bonds. The van der Waals surface area contributed by atoms with Gasteiger partial charge in [0.15, 0.2) is 5.78 Å². The Morgan fingerprint density at radius 2 is 1.79 bits per heavy atom. The summed E-state index contributed by atoms with van der Waals surface area (Å²) in [7, 11) is 0. The maximum absolute atomic E-state index is 12.6. The van der Waals surface area contributed by atoms with E-state index in [1.807, 2.05) is 48.7 Å². The zero-order valence-electron chi connectivity index (χ0n) is 19.8. The van der Waals surface area contributed by atoms with Crippen LogP contribution in [-0.2, 0) is 4.79 Å². The Hall–Kier alpha value is -2.57. The molecular weight excluding hydrogens is 448 g/mol. The van der Waals surface area contributed by atoms with Crippen LogP contribution in [0.25, 0.3) is 0 Å². The Balaban J connectivity index is 2.01. The summed E-state index contributed by atoms with van der Waals surface area (Å²) in [5.74, 6) is 0.0729. The molecule has 1 aliphatic carbocycles. The van der Waals surface area contributed by atoms with Crippen molar-refractivity contribution >= 4 is 40.5 Å². The molecule has 0 spiro atoms. The number of nitrogens with zero attached hydrogens (tertiary/aromatic N) is 2. The molecule has 2 aromatic rings. The molecule has 6 heteroatoms. The predicted octanol–water partition coefficient (Wildman–Crippen LogP) is 6.93.